The Kier molecular flexibility index (Phi) is 2.68. The lowest BCUT2D eigenvalue weighted by molar-refractivity contribution is 0.0591. The summed E-state index contributed by atoms with van der Waals surface area (Å²) in [5, 5.41) is 10.4. The van der Waals surface area contributed by atoms with Gasteiger partial charge in [-0.25, -0.2) is 9.59 Å². The molecule has 2 aromatic rings. The third-order valence-corrected chi connectivity index (χ3v) is 3.16. The molecule has 17 heavy (non-hydrogen) atoms. The number of ether oxygens (including phenoxy) is 1. The molecule has 88 valence electrons. The van der Waals surface area contributed by atoms with Gasteiger partial charge < -0.3 is 9.84 Å². The number of hydrogen-bond acceptors (Lipinski definition) is 5. The fourth-order valence-corrected chi connectivity index (χ4v) is 2.44. The van der Waals surface area contributed by atoms with Gasteiger partial charge in [-0.3, -0.25) is 9.20 Å². The number of hydrogen-bond donors (Lipinski definition) is 1. The van der Waals surface area contributed by atoms with E-state index >= 15 is 0 Å². The number of aromatic nitrogens is 1. The van der Waals surface area contributed by atoms with Crippen molar-refractivity contribution in [3.63, 3.8) is 0 Å². The monoisotopic (exact) mass is 253 g/mol. The van der Waals surface area contributed by atoms with Crippen molar-refractivity contribution in [3.05, 3.63) is 39.1 Å². The zero-order chi connectivity index (χ0) is 12.6. The van der Waals surface area contributed by atoms with Crippen LogP contribution in [0.1, 0.15) is 20.8 Å². The molecule has 0 saturated heterocycles. The van der Waals surface area contributed by atoms with Crippen LogP contribution in [0.15, 0.2) is 22.3 Å². The molecule has 0 fully saturated rings. The van der Waals surface area contributed by atoms with Gasteiger partial charge in [0.15, 0.2) is 0 Å². The molecule has 6 nitrogen and oxygen atoms in total. The highest BCUT2D eigenvalue weighted by Gasteiger charge is 2.18. The zero-order valence-electron chi connectivity index (χ0n) is 8.67. The van der Waals surface area contributed by atoms with E-state index in [0.29, 0.717) is 0 Å². The Bertz CT molecular complexity index is 669. The summed E-state index contributed by atoms with van der Waals surface area (Å²) in [5.74, 6) is -1.83. The summed E-state index contributed by atoms with van der Waals surface area (Å²) in [6, 6.07) is 2.33. The van der Waals surface area contributed by atoms with Gasteiger partial charge in [-0.05, 0) is 6.07 Å². The Labute approximate surface area is 98.7 Å². The third kappa shape index (κ3) is 1.70. The molecular weight excluding hydrogens is 246 g/mol. The number of aromatic carboxylic acids is 1. The van der Waals surface area contributed by atoms with Crippen LogP contribution in [-0.2, 0) is 4.74 Å². The number of thiazole rings is 1. The van der Waals surface area contributed by atoms with Crippen LogP contribution in [0, 0.1) is 0 Å². The first-order chi connectivity index (χ1) is 8.06. The largest absolute Gasteiger partial charge is 0.478 e. The number of pyridine rings is 1. The van der Waals surface area contributed by atoms with Crippen molar-refractivity contribution in [1.82, 2.24) is 4.40 Å². The molecular formula is C10H7NO5S. The molecule has 0 atom stereocenters. The number of nitrogens with zero attached hydrogens (tertiary/aromatic N) is 1. The highest BCUT2D eigenvalue weighted by molar-refractivity contribution is 7.16. The van der Waals surface area contributed by atoms with Gasteiger partial charge in [0.25, 0.3) is 5.56 Å². The van der Waals surface area contributed by atoms with Gasteiger partial charge >= 0.3 is 11.9 Å². The normalized spacial score (nSPS) is 10.4. The van der Waals surface area contributed by atoms with Gasteiger partial charge in [-0.15, -0.1) is 11.3 Å². The van der Waals surface area contributed by atoms with Crippen molar-refractivity contribution in [1.29, 1.82) is 0 Å². The van der Waals surface area contributed by atoms with Crippen molar-refractivity contribution in [3.8, 4) is 0 Å². The number of carbonyl (C=O) groups excluding carboxylic acids is 1. The number of carboxylic acids is 1. The average Bonchev–Trinajstić information content (AvgIpc) is 2.73. The standard InChI is InChI=1S/C10H7NO5S/c1-16-10(15)6-4-17-8-5(9(13)14)2-3-7(12)11(6)8/h2-4H,1H3,(H,13,14). The zero-order valence-corrected chi connectivity index (χ0v) is 9.48. The van der Waals surface area contributed by atoms with E-state index in [1.807, 2.05) is 0 Å². The number of esters is 1. The van der Waals surface area contributed by atoms with Crippen LogP contribution in [0.4, 0.5) is 0 Å². The van der Waals surface area contributed by atoms with Crippen LogP contribution in [0.25, 0.3) is 4.83 Å². The second-order valence-corrected chi connectivity index (χ2v) is 4.00. The lowest BCUT2D eigenvalue weighted by Crippen LogP contribution is -2.18. The molecule has 0 radical (unpaired) electrons. The Balaban J connectivity index is 2.85. The maximum absolute atomic E-state index is 11.6. The quantitative estimate of drug-likeness (QED) is 0.802. The van der Waals surface area contributed by atoms with Crippen molar-refractivity contribution in [2.75, 3.05) is 7.11 Å². The van der Waals surface area contributed by atoms with E-state index in [0.717, 1.165) is 21.8 Å². The molecule has 0 aliphatic rings. The molecule has 0 aliphatic carbocycles. The van der Waals surface area contributed by atoms with Gasteiger partial charge in [0.05, 0.1) is 12.7 Å². The van der Waals surface area contributed by atoms with Crippen LogP contribution >= 0.6 is 11.3 Å². The summed E-state index contributed by atoms with van der Waals surface area (Å²) in [6.07, 6.45) is 0. The molecule has 0 bridgehead atoms. The molecule has 0 amide bonds. The van der Waals surface area contributed by atoms with Crippen molar-refractivity contribution >= 4 is 28.1 Å². The SMILES string of the molecule is COC(=O)c1csc2c(C(=O)O)ccc(=O)n12. The number of carboxylic acid groups (broad SMARTS) is 1. The van der Waals surface area contributed by atoms with E-state index in [2.05, 4.69) is 4.74 Å². The second kappa shape index (κ2) is 4.02. The van der Waals surface area contributed by atoms with Crippen molar-refractivity contribution < 1.29 is 19.4 Å². The van der Waals surface area contributed by atoms with Gasteiger partial charge in [0.2, 0.25) is 0 Å². The van der Waals surface area contributed by atoms with Crippen LogP contribution in [-0.4, -0.2) is 28.6 Å². The fourth-order valence-electron chi connectivity index (χ4n) is 1.44. The van der Waals surface area contributed by atoms with E-state index < -0.39 is 17.5 Å². The van der Waals surface area contributed by atoms with E-state index in [1.165, 1.54) is 18.6 Å². The smallest absolute Gasteiger partial charge is 0.356 e. The Hall–Kier alpha value is -2.15. The first kappa shape index (κ1) is 11.3. The molecule has 0 saturated carbocycles. The summed E-state index contributed by atoms with van der Waals surface area (Å²) in [5.41, 5.74) is -0.461. The Morgan fingerprint density at radius 1 is 1.41 bits per heavy atom. The number of rotatable bonds is 2. The van der Waals surface area contributed by atoms with E-state index in [4.69, 9.17) is 5.11 Å². The molecule has 0 aromatic carbocycles. The summed E-state index contributed by atoms with van der Waals surface area (Å²) in [7, 11) is 1.19. The summed E-state index contributed by atoms with van der Waals surface area (Å²) >= 11 is 1.01. The van der Waals surface area contributed by atoms with Crippen molar-refractivity contribution in [2.24, 2.45) is 0 Å². The van der Waals surface area contributed by atoms with Gasteiger partial charge in [-0.2, -0.15) is 0 Å². The maximum atomic E-state index is 11.6. The number of fused-ring (bicyclic) bond motifs is 1. The minimum Gasteiger partial charge on any atom is -0.478 e. The Morgan fingerprint density at radius 3 is 2.71 bits per heavy atom. The van der Waals surface area contributed by atoms with E-state index in [-0.39, 0.29) is 16.1 Å². The maximum Gasteiger partial charge on any atom is 0.356 e. The molecule has 0 aliphatic heterocycles. The predicted molar refractivity (Wildman–Crippen MR) is 59.8 cm³/mol. The topological polar surface area (TPSA) is 85.1 Å². The average molecular weight is 253 g/mol. The molecule has 0 spiro atoms. The summed E-state index contributed by atoms with van der Waals surface area (Å²) in [4.78, 5) is 34.2. The molecule has 7 heteroatoms. The van der Waals surface area contributed by atoms with Crippen LogP contribution in [0.2, 0.25) is 0 Å². The van der Waals surface area contributed by atoms with Gasteiger partial charge in [-0.1, -0.05) is 0 Å². The van der Waals surface area contributed by atoms with E-state index in [9.17, 15) is 14.4 Å². The second-order valence-electron chi connectivity index (χ2n) is 3.14. The Morgan fingerprint density at radius 2 is 2.12 bits per heavy atom. The van der Waals surface area contributed by atoms with Crippen LogP contribution < -0.4 is 5.56 Å². The number of methoxy groups -OCH3 is 1. The van der Waals surface area contributed by atoms with Gasteiger partial charge in [0, 0.05) is 11.4 Å². The molecule has 2 rings (SSSR count). The molecule has 2 heterocycles. The highest BCUT2D eigenvalue weighted by atomic mass is 32.1. The van der Waals surface area contributed by atoms with E-state index in [1.54, 1.807) is 0 Å². The minimum absolute atomic E-state index is 0.0234. The lowest BCUT2D eigenvalue weighted by atomic mass is 10.3. The first-order valence-electron chi connectivity index (χ1n) is 4.51. The summed E-state index contributed by atoms with van der Waals surface area (Å²) in [6.45, 7) is 0. The molecule has 0 unspecified atom stereocenters. The highest BCUT2D eigenvalue weighted by Crippen LogP contribution is 2.19. The summed E-state index contributed by atoms with van der Waals surface area (Å²) < 4.78 is 5.56. The molecule has 2 aromatic heterocycles. The lowest BCUT2D eigenvalue weighted by Gasteiger charge is -2.00. The minimum atomic E-state index is -1.15. The third-order valence-electron chi connectivity index (χ3n) is 2.19. The first-order valence-corrected chi connectivity index (χ1v) is 5.39. The van der Waals surface area contributed by atoms with Crippen LogP contribution in [0.5, 0.6) is 0 Å². The molecule has 1 N–H and O–H groups in total. The van der Waals surface area contributed by atoms with Crippen LogP contribution in [0.3, 0.4) is 0 Å². The predicted octanol–water partition coefficient (Wildman–Crippen LogP) is 0.846. The fraction of sp³-hybridized carbons (Fsp3) is 0.100. The number of carbonyl (C=O) groups is 2. The van der Waals surface area contributed by atoms with Crippen molar-refractivity contribution in [2.45, 2.75) is 0 Å². The van der Waals surface area contributed by atoms with Gasteiger partial charge in [0.1, 0.15) is 10.5 Å².